The van der Waals surface area contributed by atoms with Gasteiger partial charge in [-0.25, -0.2) is 15.0 Å². The van der Waals surface area contributed by atoms with Gasteiger partial charge in [-0.05, 0) is 19.4 Å². The van der Waals surface area contributed by atoms with Crippen molar-refractivity contribution < 1.29 is 0 Å². The number of hydrogen-bond acceptors (Lipinski definition) is 4. The second-order valence-corrected chi connectivity index (χ2v) is 2.97. The normalized spacial score (nSPS) is 10.4. The predicted molar refractivity (Wildman–Crippen MR) is 48.8 cm³/mol. The molecular formula is C8H14N4. The third-order valence-corrected chi connectivity index (χ3v) is 1.55. The van der Waals surface area contributed by atoms with Crippen LogP contribution in [0.4, 0.5) is 5.95 Å². The van der Waals surface area contributed by atoms with E-state index in [0.717, 1.165) is 11.3 Å². The van der Waals surface area contributed by atoms with Crippen molar-refractivity contribution in [3.05, 3.63) is 17.5 Å². The van der Waals surface area contributed by atoms with Crippen molar-refractivity contribution in [2.75, 3.05) is 19.5 Å². The second kappa shape index (κ2) is 3.49. The molecular weight excluding hydrogens is 152 g/mol. The summed E-state index contributed by atoms with van der Waals surface area (Å²) in [6, 6.07) is 0. The summed E-state index contributed by atoms with van der Waals surface area (Å²) in [6.07, 6.45) is 1.81. The monoisotopic (exact) mass is 166 g/mol. The molecule has 1 aromatic rings. The molecule has 0 bridgehead atoms. The molecule has 12 heavy (non-hydrogen) atoms. The number of rotatable bonds is 2. The van der Waals surface area contributed by atoms with Gasteiger partial charge in [-0.15, -0.1) is 0 Å². The Morgan fingerprint density at radius 2 is 2.00 bits per heavy atom. The van der Waals surface area contributed by atoms with E-state index >= 15 is 0 Å². The molecule has 1 aromatic heterocycles. The van der Waals surface area contributed by atoms with Crippen molar-refractivity contribution in [2.45, 2.75) is 13.8 Å². The molecule has 0 saturated heterocycles. The number of anilines is 1. The van der Waals surface area contributed by atoms with Crippen molar-refractivity contribution in [1.82, 2.24) is 15.0 Å². The van der Waals surface area contributed by atoms with Gasteiger partial charge in [0, 0.05) is 26.0 Å². The van der Waals surface area contributed by atoms with Gasteiger partial charge in [0.05, 0.1) is 0 Å². The van der Waals surface area contributed by atoms with Crippen molar-refractivity contribution in [1.29, 1.82) is 0 Å². The molecule has 0 saturated carbocycles. The van der Waals surface area contributed by atoms with Crippen molar-refractivity contribution in [3.8, 4) is 0 Å². The van der Waals surface area contributed by atoms with E-state index in [1.165, 1.54) is 0 Å². The zero-order valence-corrected chi connectivity index (χ0v) is 7.92. The van der Waals surface area contributed by atoms with Gasteiger partial charge >= 0.3 is 0 Å². The molecule has 0 spiro atoms. The molecule has 1 N–H and O–H groups in total. The minimum Gasteiger partial charge on any atom is -0.287 e. The summed E-state index contributed by atoms with van der Waals surface area (Å²) >= 11 is 0. The predicted octanol–water partition coefficient (Wildman–Crippen LogP) is 0.982. The van der Waals surface area contributed by atoms with E-state index in [1.807, 2.05) is 39.1 Å². The zero-order chi connectivity index (χ0) is 9.14. The first-order valence-corrected chi connectivity index (χ1v) is 3.84. The van der Waals surface area contributed by atoms with Crippen LogP contribution in [-0.4, -0.2) is 29.1 Å². The Balaban J connectivity index is 2.82. The number of aryl methyl sites for hydroxylation is 2. The van der Waals surface area contributed by atoms with E-state index in [4.69, 9.17) is 0 Å². The van der Waals surface area contributed by atoms with Gasteiger partial charge in [-0.2, -0.15) is 0 Å². The highest BCUT2D eigenvalue weighted by Crippen LogP contribution is 2.04. The van der Waals surface area contributed by atoms with Gasteiger partial charge in [0.2, 0.25) is 5.95 Å². The maximum absolute atomic E-state index is 4.25. The van der Waals surface area contributed by atoms with Gasteiger partial charge in [0.15, 0.2) is 0 Å². The minimum absolute atomic E-state index is 0.642. The van der Waals surface area contributed by atoms with Crippen molar-refractivity contribution >= 4 is 5.95 Å². The lowest BCUT2D eigenvalue weighted by Crippen LogP contribution is -2.21. The quantitative estimate of drug-likeness (QED) is 0.665. The summed E-state index contributed by atoms with van der Waals surface area (Å²) in [5.74, 6) is 0.642. The van der Waals surface area contributed by atoms with Crippen LogP contribution in [0, 0.1) is 13.8 Å². The average Bonchev–Trinajstić information content (AvgIpc) is 1.96. The SMILES string of the molecule is Cc1cnc(NN(C)C)nc1C. The van der Waals surface area contributed by atoms with Crippen LogP contribution >= 0.6 is 0 Å². The van der Waals surface area contributed by atoms with Gasteiger partial charge in [0.25, 0.3) is 0 Å². The number of hydrazine groups is 1. The third-order valence-electron chi connectivity index (χ3n) is 1.55. The lowest BCUT2D eigenvalue weighted by molar-refractivity contribution is 0.488. The molecule has 0 unspecified atom stereocenters. The van der Waals surface area contributed by atoms with E-state index in [-0.39, 0.29) is 0 Å². The van der Waals surface area contributed by atoms with Crippen LogP contribution in [0.1, 0.15) is 11.3 Å². The zero-order valence-electron chi connectivity index (χ0n) is 7.92. The standard InChI is InChI=1S/C8H14N4/c1-6-5-9-8(10-7(6)2)11-12(3)4/h5H,1-4H3,(H,9,10,11). The maximum Gasteiger partial charge on any atom is 0.237 e. The molecule has 1 heterocycles. The summed E-state index contributed by atoms with van der Waals surface area (Å²) in [7, 11) is 3.80. The van der Waals surface area contributed by atoms with E-state index in [2.05, 4.69) is 15.4 Å². The largest absolute Gasteiger partial charge is 0.287 e. The molecule has 0 aromatic carbocycles. The van der Waals surface area contributed by atoms with Crippen LogP contribution in [0.25, 0.3) is 0 Å². The highest BCUT2D eigenvalue weighted by atomic mass is 15.5. The summed E-state index contributed by atoms with van der Waals surface area (Å²) in [4.78, 5) is 8.36. The number of aromatic nitrogens is 2. The van der Waals surface area contributed by atoms with Crippen LogP contribution in [0.3, 0.4) is 0 Å². The van der Waals surface area contributed by atoms with Crippen LogP contribution in [0.2, 0.25) is 0 Å². The van der Waals surface area contributed by atoms with Crippen LogP contribution < -0.4 is 5.43 Å². The van der Waals surface area contributed by atoms with E-state index in [9.17, 15) is 0 Å². The fourth-order valence-corrected chi connectivity index (χ4v) is 0.781. The Morgan fingerprint density at radius 3 is 2.50 bits per heavy atom. The average molecular weight is 166 g/mol. The van der Waals surface area contributed by atoms with Crippen LogP contribution in [0.5, 0.6) is 0 Å². The summed E-state index contributed by atoms with van der Waals surface area (Å²) in [5.41, 5.74) is 5.10. The van der Waals surface area contributed by atoms with Crippen LogP contribution in [0.15, 0.2) is 6.20 Å². The maximum atomic E-state index is 4.25. The van der Waals surface area contributed by atoms with Gasteiger partial charge in [-0.3, -0.25) is 5.43 Å². The first kappa shape index (κ1) is 8.93. The van der Waals surface area contributed by atoms with E-state index in [1.54, 1.807) is 0 Å². The van der Waals surface area contributed by atoms with Crippen molar-refractivity contribution in [2.24, 2.45) is 0 Å². The fourth-order valence-electron chi connectivity index (χ4n) is 0.781. The number of nitrogens with zero attached hydrogens (tertiary/aromatic N) is 3. The molecule has 4 heteroatoms. The molecule has 0 aliphatic carbocycles. The van der Waals surface area contributed by atoms with Gasteiger partial charge in [-0.1, -0.05) is 0 Å². The Kier molecular flexibility index (Phi) is 2.60. The lowest BCUT2D eigenvalue weighted by atomic mass is 10.3. The van der Waals surface area contributed by atoms with Gasteiger partial charge < -0.3 is 0 Å². The van der Waals surface area contributed by atoms with E-state index in [0.29, 0.717) is 5.95 Å². The molecule has 0 fully saturated rings. The smallest absolute Gasteiger partial charge is 0.237 e. The number of nitrogens with one attached hydrogen (secondary N) is 1. The molecule has 0 atom stereocenters. The first-order valence-electron chi connectivity index (χ1n) is 3.84. The highest BCUT2D eigenvalue weighted by Gasteiger charge is 1.98. The molecule has 0 radical (unpaired) electrons. The Hall–Kier alpha value is -1.16. The highest BCUT2D eigenvalue weighted by molar-refractivity contribution is 5.26. The molecule has 0 aliphatic rings. The van der Waals surface area contributed by atoms with Crippen LogP contribution in [-0.2, 0) is 0 Å². The first-order chi connectivity index (χ1) is 5.59. The Morgan fingerprint density at radius 1 is 1.33 bits per heavy atom. The summed E-state index contributed by atoms with van der Waals surface area (Å²) in [5, 5.41) is 1.81. The third kappa shape index (κ3) is 2.17. The molecule has 66 valence electrons. The topological polar surface area (TPSA) is 41.1 Å². The molecule has 1 rings (SSSR count). The minimum atomic E-state index is 0.642. The van der Waals surface area contributed by atoms with E-state index < -0.39 is 0 Å². The molecule has 0 aliphatic heterocycles. The molecule has 0 amide bonds. The Labute approximate surface area is 72.6 Å². The lowest BCUT2D eigenvalue weighted by Gasteiger charge is -2.11. The molecule has 4 nitrogen and oxygen atoms in total. The summed E-state index contributed by atoms with van der Waals surface area (Å²) < 4.78 is 0. The summed E-state index contributed by atoms with van der Waals surface area (Å²) in [6.45, 7) is 3.96. The van der Waals surface area contributed by atoms with Gasteiger partial charge in [0.1, 0.15) is 0 Å². The fraction of sp³-hybridized carbons (Fsp3) is 0.500. The Bertz CT molecular complexity index is 270. The van der Waals surface area contributed by atoms with Crippen molar-refractivity contribution in [3.63, 3.8) is 0 Å². The second-order valence-electron chi connectivity index (χ2n) is 2.97. The number of hydrogen-bond donors (Lipinski definition) is 1.